The Labute approximate surface area is 122 Å². The van der Waals surface area contributed by atoms with Crippen molar-refractivity contribution in [2.45, 2.75) is 13.1 Å². The topological polar surface area (TPSA) is 35.0 Å². The lowest BCUT2D eigenvalue weighted by Crippen LogP contribution is -2.04. The Morgan fingerprint density at radius 2 is 1.70 bits per heavy atom. The Balaban J connectivity index is 2.49. The highest BCUT2D eigenvalue weighted by Crippen LogP contribution is 2.35. The van der Waals surface area contributed by atoms with Gasteiger partial charge >= 0.3 is 6.18 Å². The Hall–Kier alpha value is -1.63. The Morgan fingerprint density at radius 3 is 2.20 bits per heavy atom. The van der Waals surface area contributed by atoms with Crippen LogP contribution in [0, 0.1) is 6.92 Å². The largest absolute Gasteiger partial charge is 0.480 e. The molecule has 0 aliphatic heterocycles. The summed E-state index contributed by atoms with van der Waals surface area (Å²) in [7, 11) is 1.46. The van der Waals surface area contributed by atoms with Gasteiger partial charge in [0, 0.05) is 5.56 Å². The quantitative estimate of drug-likeness (QED) is 0.815. The van der Waals surface area contributed by atoms with E-state index >= 15 is 0 Å². The molecule has 1 aromatic heterocycles. The van der Waals surface area contributed by atoms with Crippen LogP contribution in [0.4, 0.5) is 13.2 Å². The average molecular weight is 347 g/mol. The van der Waals surface area contributed by atoms with Crippen molar-refractivity contribution in [3.63, 3.8) is 0 Å². The third-order valence-corrected chi connectivity index (χ3v) is 3.33. The highest BCUT2D eigenvalue weighted by molar-refractivity contribution is 9.10. The summed E-state index contributed by atoms with van der Waals surface area (Å²) in [6.45, 7) is 1.68. The van der Waals surface area contributed by atoms with Crippen LogP contribution in [0.5, 0.6) is 5.88 Å². The lowest BCUT2D eigenvalue weighted by atomic mass is 10.1. The van der Waals surface area contributed by atoms with E-state index in [-0.39, 0.29) is 0 Å². The number of hydrogen-bond acceptors (Lipinski definition) is 3. The summed E-state index contributed by atoms with van der Waals surface area (Å²) in [6, 6.07) is 4.78. The number of rotatable bonds is 2. The van der Waals surface area contributed by atoms with E-state index < -0.39 is 11.7 Å². The zero-order chi connectivity index (χ0) is 14.9. The minimum Gasteiger partial charge on any atom is -0.480 e. The molecule has 0 amide bonds. The number of aryl methyl sites for hydroxylation is 1. The van der Waals surface area contributed by atoms with Crippen molar-refractivity contribution < 1.29 is 17.9 Å². The second kappa shape index (κ2) is 5.40. The van der Waals surface area contributed by atoms with Crippen LogP contribution in [0.25, 0.3) is 11.3 Å². The SMILES string of the molecule is COc1nc(C)nc(-c2ccc(C(F)(F)F)cc2)c1Br. The molecule has 0 radical (unpaired) electrons. The van der Waals surface area contributed by atoms with Gasteiger partial charge in [0.05, 0.1) is 18.4 Å². The monoisotopic (exact) mass is 346 g/mol. The first-order valence-electron chi connectivity index (χ1n) is 5.58. The number of alkyl halides is 3. The maximum absolute atomic E-state index is 12.5. The first kappa shape index (κ1) is 14.8. The van der Waals surface area contributed by atoms with E-state index in [2.05, 4.69) is 25.9 Å². The van der Waals surface area contributed by atoms with E-state index in [1.807, 2.05) is 0 Å². The number of aromatic nitrogens is 2. The van der Waals surface area contributed by atoms with Crippen LogP contribution in [0.1, 0.15) is 11.4 Å². The first-order valence-corrected chi connectivity index (χ1v) is 6.38. The van der Waals surface area contributed by atoms with E-state index in [1.54, 1.807) is 6.92 Å². The maximum atomic E-state index is 12.5. The molecule has 0 N–H and O–H groups in total. The molecule has 20 heavy (non-hydrogen) atoms. The molecule has 0 spiro atoms. The van der Waals surface area contributed by atoms with E-state index in [1.165, 1.54) is 19.2 Å². The molecule has 2 aromatic rings. The standard InChI is InChI=1S/C13H10BrF3N2O/c1-7-18-11(10(14)12(19-7)20-2)8-3-5-9(6-4-8)13(15,16)17/h3-6H,1-2H3. The van der Waals surface area contributed by atoms with Crippen molar-refractivity contribution in [3.05, 3.63) is 40.1 Å². The van der Waals surface area contributed by atoms with Crippen LogP contribution in [-0.4, -0.2) is 17.1 Å². The molecule has 106 valence electrons. The number of halogens is 4. The van der Waals surface area contributed by atoms with Crippen molar-refractivity contribution in [1.82, 2.24) is 9.97 Å². The van der Waals surface area contributed by atoms with Crippen molar-refractivity contribution in [2.75, 3.05) is 7.11 Å². The van der Waals surface area contributed by atoms with E-state index in [9.17, 15) is 13.2 Å². The van der Waals surface area contributed by atoms with Gasteiger partial charge in [-0.15, -0.1) is 0 Å². The van der Waals surface area contributed by atoms with Gasteiger partial charge in [0.25, 0.3) is 0 Å². The zero-order valence-corrected chi connectivity index (χ0v) is 12.2. The summed E-state index contributed by atoms with van der Waals surface area (Å²) in [6.07, 6.45) is -4.35. The highest BCUT2D eigenvalue weighted by Gasteiger charge is 2.30. The van der Waals surface area contributed by atoms with Gasteiger partial charge < -0.3 is 4.74 Å². The van der Waals surface area contributed by atoms with Crippen LogP contribution in [0.2, 0.25) is 0 Å². The van der Waals surface area contributed by atoms with Gasteiger partial charge in [-0.2, -0.15) is 18.2 Å². The minimum absolute atomic E-state index is 0.340. The highest BCUT2D eigenvalue weighted by atomic mass is 79.9. The molecular weight excluding hydrogens is 337 g/mol. The van der Waals surface area contributed by atoms with Crippen molar-refractivity contribution >= 4 is 15.9 Å². The molecule has 2 rings (SSSR count). The third kappa shape index (κ3) is 2.92. The van der Waals surface area contributed by atoms with Crippen LogP contribution in [0.3, 0.4) is 0 Å². The van der Waals surface area contributed by atoms with Crippen molar-refractivity contribution in [2.24, 2.45) is 0 Å². The average Bonchev–Trinajstić information content (AvgIpc) is 2.40. The van der Waals surface area contributed by atoms with E-state index in [4.69, 9.17) is 4.74 Å². The lowest BCUT2D eigenvalue weighted by Gasteiger charge is -2.10. The fourth-order valence-corrected chi connectivity index (χ4v) is 2.24. The number of nitrogens with zero attached hydrogens (tertiary/aromatic N) is 2. The van der Waals surface area contributed by atoms with Crippen molar-refractivity contribution in [3.8, 4) is 17.1 Å². The van der Waals surface area contributed by atoms with Gasteiger partial charge in [0.2, 0.25) is 5.88 Å². The van der Waals surface area contributed by atoms with Crippen molar-refractivity contribution in [1.29, 1.82) is 0 Å². The van der Waals surface area contributed by atoms with E-state index in [0.717, 1.165) is 12.1 Å². The second-order valence-electron chi connectivity index (χ2n) is 4.02. The summed E-state index contributed by atoms with van der Waals surface area (Å²) in [5, 5.41) is 0. The fraction of sp³-hybridized carbons (Fsp3) is 0.231. The molecule has 0 aliphatic rings. The van der Waals surface area contributed by atoms with Gasteiger partial charge in [-0.05, 0) is 35.0 Å². The Morgan fingerprint density at radius 1 is 1.10 bits per heavy atom. The molecule has 0 unspecified atom stereocenters. The van der Waals surface area contributed by atoms with Gasteiger partial charge in [0.1, 0.15) is 10.3 Å². The molecule has 0 aliphatic carbocycles. The molecule has 3 nitrogen and oxygen atoms in total. The molecule has 0 fully saturated rings. The summed E-state index contributed by atoms with van der Waals surface area (Å²) < 4.78 is 43.2. The van der Waals surface area contributed by atoms with Crippen LogP contribution >= 0.6 is 15.9 Å². The predicted molar refractivity (Wildman–Crippen MR) is 71.5 cm³/mol. The van der Waals surface area contributed by atoms with E-state index in [0.29, 0.717) is 27.4 Å². The molecule has 1 aromatic carbocycles. The second-order valence-corrected chi connectivity index (χ2v) is 4.81. The predicted octanol–water partition coefficient (Wildman–Crippen LogP) is 4.24. The molecular formula is C13H10BrF3N2O. The summed E-state index contributed by atoms with van der Waals surface area (Å²) in [5.41, 5.74) is 0.340. The molecule has 1 heterocycles. The summed E-state index contributed by atoms with van der Waals surface area (Å²) in [5.74, 6) is 0.812. The van der Waals surface area contributed by atoms with Gasteiger partial charge in [-0.1, -0.05) is 12.1 Å². The fourth-order valence-electron chi connectivity index (χ4n) is 1.68. The minimum atomic E-state index is -4.35. The smallest absolute Gasteiger partial charge is 0.416 e. The molecule has 0 atom stereocenters. The molecule has 7 heteroatoms. The Kier molecular flexibility index (Phi) is 3.99. The number of hydrogen-bond donors (Lipinski definition) is 0. The number of methoxy groups -OCH3 is 1. The molecule has 0 bridgehead atoms. The zero-order valence-electron chi connectivity index (χ0n) is 10.6. The first-order chi connectivity index (χ1) is 9.32. The molecule has 0 saturated carbocycles. The van der Waals surface area contributed by atoms with Gasteiger partial charge in [0.15, 0.2) is 0 Å². The third-order valence-electron chi connectivity index (χ3n) is 2.61. The van der Waals surface area contributed by atoms with Gasteiger partial charge in [-0.25, -0.2) is 4.98 Å². The Bertz CT molecular complexity index is 627. The molecule has 0 saturated heterocycles. The van der Waals surface area contributed by atoms with Crippen LogP contribution in [-0.2, 0) is 6.18 Å². The van der Waals surface area contributed by atoms with Crippen LogP contribution < -0.4 is 4.74 Å². The summed E-state index contributed by atoms with van der Waals surface area (Å²) >= 11 is 3.30. The number of benzene rings is 1. The normalized spacial score (nSPS) is 11.5. The maximum Gasteiger partial charge on any atom is 0.416 e. The van der Waals surface area contributed by atoms with Crippen LogP contribution in [0.15, 0.2) is 28.7 Å². The van der Waals surface area contributed by atoms with Gasteiger partial charge in [-0.3, -0.25) is 0 Å². The summed E-state index contributed by atoms with van der Waals surface area (Å²) in [4.78, 5) is 8.30. The number of ether oxygens (including phenoxy) is 1. The lowest BCUT2D eigenvalue weighted by molar-refractivity contribution is -0.137.